The number of amidine groups is 1. The number of aliphatic imine (C=N–C) groups is 1. The molecule has 1 fully saturated rings. The Morgan fingerprint density at radius 2 is 2.04 bits per heavy atom. The fraction of sp³-hybridized carbons (Fsp3) is 0.263. The number of rotatable bonds is 4. The first kappa shape index (κ1) is 18.7. The van der Waals surface area contributed by atoms with Gasteiger partial charge in [0.1, 0.15) is 10.7 Å². The van der Waals surface area contributed by atoms with E-state index in [1.807, 2.05) is 0 Å². The van der Waals surface area contributed by atoms with Gasteiger partial charge in [-0.2, -0.15) is 0 Å². The Kier molecular flexibility index (Phi) is 5.48. The zero-order chi connectivity index (χ0) is 18.8. The molecule has 1 N–H and O–H groups in total. The average molecular weight is 388 g/mol. The fourth-order valence-corrected chi connectivity index (χ4v) is 5.10. The summed E-state index contributed by atoms with van der Waals surface area (Å²) in [4.78, 5) is 23.3. The molecule has 2 aliphatic heterocycles. The maximum Gasteiger partial charge on any atom is 0.269 e. The standard InChI is InChI=1S/C19H21N3O2S2/c1-5-10-22-17(24)16(18-21(6-2)12(3)13(4)25-18)26-19(22)20-14-8-7-9-15(23)11-14/h5,7-9,11,23H,1,6,10H2,2-4H3. The second-order valence-corrected chi connectivity index (χ2v) is 8.02. The van der Waals surface area contributed by atoms with E-state index >= 15 is 0 Å². The van der Waals surface area contributed by atoms with E-state index in [0.29, 0.717) is 22.3 Å². The van der Waals surface area contributed by atoms with Crippen LogP contribution in [0, 0.1) is 0 Å². The molecular weight excluding hydrogens is 366 g/mol. The van der Waals surface area contributed by atoms with Gasteiger partial charge in [-0.3, -0.25) is 9.69 Å². The molecule has 0 aliphatic carbocycles. The summed E-state index contributed by atoms with van der Waals surface area (Å²) in [5.74, 6) is 0.0891. The number of carbonyl (C=O) groups excluding carboxylic acids is 1. The van der Waals surface area contributed by atoms with Gasteiger partial charge >= 0.3 is 0 Å². The van der Waals surface area contributed by atoms with Crippen molar-refractivity contribution in [2.75, 3.05) is 13.1 Å². The lowest BCUT2D eigenvalue weighted by atomic mass is 10.3. The summed E-state index contributed by atoms with van der Waals surface area (Å²) in [6.07, 6.45) is 1.69. The SMILES string of the molecule is C=CCN1C(=O)C(=C2SC(C)=C(C)N2CC)SC1=Nc1cccc(O)c1. The van der Waals surface area contributed by atoms with E-state index in [2.05, 4.69) is 37.2 Å². The van der Waals surface area contributed by atoms with Crippen LogP contribution in [-0.4, -0.2) is 39.1 Å². The lowest BCUT2D eigenvalue weighted by Crippen LogP contribution is -2.29. The maximum atomic E-state index is 13.0. The van der Waals surface area contributed by atoms with E-state index < -0.39 is 0 Å². The number of allylic oxidation sites excluding steroid dienone is 2. The van der Waals surface area contributed by atoms with E-state index in [1.165, 1.54) is 22.4 Å². The van der Waals surface area contributed by atoms with Crippen molar-refractivity contribution < 1.29 is 9.90 Å². The molecule has 136 valence electrons. The van der Waals surface area contributed by atoms with Crippen molar-refractivity contribution in [2.24, 2.45) is 4.99 Å². The third kappa shape index (κ3) is 3.41. The molecule has 0 radical (unpaired) electrons. The number of phenols is 1. The molecule has 0 saturated carbocycles. The zero-order valence-electron chi connectivity index (χ0n) is 15.0. The van der Waals surface area contributed by atoms with Crippen LogP contribution in [0.1, 0.15) is 20.8 Å². The van der Waals surface area contributed by atoms with Crippen LogP contribution in [0.2, 0.25) is 0 Å². The Bertz CT molecular complexity index is 858. The highest BCUT2D eigenvalue weighted by atomic mass is 32.2. The minimum atomic E-state index is -0.0581. The Morgan fingerprint density at radius 1 is 1.27 bits per heavy atom. The predicted octanol–water partition coefficient (Wildman–Crippen LogP) is 4.63. The molecule has 0 atom stereocenters. The Hall–Kier alpha value is -2.12. The number of hydrogen-bond acceptors (Lipinski definition) is 6. The number of hydrogen-bond donors (Lipinski definition) is 1. The van der Waals surface area contributed by atoms with E-state index in [0.717, 1.165) is 11.6 Å². The molecular formula is C19H21N3O2S2. The van der Waals surface area contributed by atoms with E-state index in [9.17, 15) is 9.90 Å². The van der Waals surface area contributed by atoms with Gasteiger partial charge in [0.05, 0.1) is 10.7 Å². The number of thioether (sulfide) groups is 2. The lowest BCUT2D eigenvalue weighted by molar-refractivity contribution is -0.122. The quantitative estimate of drug-likeness (QED) is 0.603. The molecule has 1 aromatic carbocycles. The predicted molar refractivity (Wildman–Crippen MR) is 110 cm³/mol. The van der Waals surface area contributed by atoms with Crippen LogP contribution in [-0.2, 0) is 4.79 Å². The summed E-state index contributed by atoms with van der Waals surface area (Å²) in [5.41, 5.74) is 1.79. The summed E-state index contributed by atoms with van der Waals surface area (Å²) in [6, 6.07) is 6.70. The Morgan fingerprint density at radius 3 is 2.69 bits per heavy atom. The van der Waals surface area contributed by atoms with Crippen molar-refractivity contribution in [1.29, 1.82) is 0 Å². The van der Waals surface area contributed by atoms with Crippen LogP contribution >= 0.6 is 23.5 Å². The van der Waals surface area contributed by atoms with Crippen LogP contribution in [0.4, 0.5) is 5.69 Å². The second kappa shape index (κ2) is 7.63. The van der Waals surface area contributed by atoms with Crippen molar-refractivity contribution >= 4 is 40.3 Å². The largest absolute Gasteiger partial charge is 0.508 e. The van der Waals surface area contributed by atoms with E-state index in [1.54, 1.807) is 47.0 Å². The monoisotopic (exact) mass is 387 g/mol. The smallest absolute Gasteiger partial charge is 0.269 e. The molecule has 1 saturated heterocycles. The van der Waals surface area contributed by atoms with E-state index in [-0.39, 0.29) is 11.7 Å². The molecule has 2 heterocycles. The third-order valence-electron chi connectivity index (χ3n) is 4.15. The topological polar surface area (TPSA) is 56.1 Å². The highest BCUT2D eigenvalue weighted by Gasteiger charge is 2.38. The van der Waals surface area contributed by atoms with E-state index in [4.69, 9.17) is 0 Å². The molecule has 26 heavy (non-hydrogen) atoms. The Labute approximate surface area is 162 Å². The van der Waals surface area contributed by atoms with Crippen LogP contribution in [0.5, 0.6) is 5.75 Å². The average Bonchev–Trinajstić information content (AvgIpc) is 3.06. The molecule has 1 aromatic rings. The third-order valence-corrected chi connectivity index (χ3v) is 6.56. The van der Waals surface area contributed by atoms with Crippen LogP contribution in [0.15, 0.2) is 62.4 Å². The lowest BCUT2D eigenvalue weighted by Gasteiger charge is -2.20. The van der Waals surface area contributed by atoms with Gasteiger partial charge in [0.2, 0.25) is 0 Å². The molecule has 5 nitrogen and oxygen atoms in total. The normalized spacial score (nSPS) is 22.1. The van der Waals surface area contributed by atoms with Crippen molar-refractivity contribution in [1.82, 2.24) is 9.80 Å². The molecule has 3 rings (SSSR count). The van der Waals surface area contributed by atoms with Crippen LogP contribution in [0.3, 0.4) is 0 Å². The summed E-state index contributed by atoms with van der Waals surface area (Å²) in [6.45, 7) is 11.2. The van der Waals surface area contributed by atoms with Gasteiger partial charge in [0.15, 0.2) is 5.17 Å². The summed E-state index contributed by atoms with van der Waals surface area (Å²) >= 11 is 3.01. The second-order valence-electron chi connectivity index (χ2n) is 5.84. The van der Waals surface area contributed by atoms with Crippen molar-refractivity contribution in [3.63, 3.8) is 0 Å². The number of nitrogens with zero attached hydrogens (tertiary/aromatic N) is 3. The molecule has 0 unspecified atom stereocenters. The van der Waals surface area contributed by atoms with Gasteiger partial charge < -0.3 is 10.0 Å². The van der Waals surface area contributed by atoms with Crippen LogP contribution in [0.25, 0.3) is 0 Å². The number of aromatic hydroxyl groups is 1. The number of phenolic OH excluding ortho intramolecular Hbond substituents is 1. The van der Waals surface area contributed by atoms with Crippen molar-refractivity contribution in [2.45, 2.75) is 20.8 Å². The molecule has 0 bridgehead atoms. The van der Waals surface area contributed by atoms with Gasteiger partial charge in [-0.15, -0.1) is 6.58 Å². The minimum absolute atomic E-state index is 0.0581. The van der Waals surface area contributed by atoms with Crippen molar-refractivity contribution in [3.8, 4) is 5.75 Å². The minimum Gasteiger partial charge on any atom is -0.508 e. The first-order valence-electron chi connectivity index (χ1n) is 8.31. The molecule has 7 heteroatoms. The van der Waals surface area contributed by atoms with Gasteiger partial charge in [-0.05, 0) is 44.7 Å². The summed E-state index contributed by atoms with van der Waals surface area (Å²) in [7, 11) is 0. The van der Waals surface area contributed by atoms with Crippen molar-refractivity contribution in [3.05, 3.63) is 57.5 Å². The first-order chi connectivity index (χ1) is 12.5. The summed E-state index contributed by atoms with van der Waals surface area (Å²) in [5, 5.41) is 11.2. The summed E-state index contributed by atoms with van der Waals surface area (Å²) < 4.78 is 0. The molecule has 2 aliphatic rings. The number of carbonyl (C=O) groups is 1. The first-order valence-corrected chi connectivity index (χ1v) is 9.95. The fourth-order valence-electron chi connectivity index (χ4n) is 2.75. The highest BCUT2D eigenvalue weighted by Crippen LogP contribution is 2.47. The van der Waals surface area contributed by atoms with Gasteiger partial charge in [-0.25, -0.2) is 4.99 Å². The Balaban J connectivity index is 2.02. The molecule has 1 amide bonds. The van der Waals surface area contributed by atoms with Gasteiger partial charge in [0.25, 0.3) is 5.91 Å². The van der Waals surface area contributed by atoms with Gasteiger partial charge in [-0.1, -0.05) is 23.9 Å². The maximum absolute atomic E-state index is 13.0. The molecule has 0 spiro atoms. The van der Waals surface area contributed by atoms with Crippen LogP contribution < -0.4 is 0 Å². The zero-order valence-corrected chi connectivity index (χ0v) is 16.7. The van der Waals surface area contributed by atoms with Gasteiger partial charge in [0, 0.05) is 29.8 Å². The molecule has 0 aromatic heterocycles. The number of benzene rings is 1. The number of amides is 1. The highest BCUT2D eigenvalue weighted by molar-refractivity contribution is 8.19.